The number of nitrogens with zero attached hydrogens (tertiary/aromatic N) is 3. The van der Waals surface area contributed by atoms with E-state index in [2.05, 4.69) is 15.6 Å². The van der Waals surface area contributed by atoms with Crippen LogP contribution in [0.2, 0.25) is 0 Å². The number of nitrogens with two attached hydrogens (primary N) is 1. The summed E-state index contributed by atoms with van der Waals surface area (Å²) in [4.78, 5) is 11.1. The third-order valence-electron chi connectivity index (χ3n) is 2.66. The van der Waals surface area contributed by atoms with Crippen LogP contribution in [0.4, 0.5) is 11.4 Å². The number of aromatic nitrogens is 3. The summed E-state index contributed by atoms with van der Waals surface area (Å²) in [6.07, 6.45) is 4.18. The van der Waals surface area contributed by atoms with Crippen LogP contribution in [0.25, 0.3) is 0 Å². The van der Waals surface area contributed by atoms with E-state index in [0.717, 1.165) is 6.42 Å². The van der Waals surface area contributed by atoms with Gasteiger partial charge in [-0.1, -0.05) is 11.3 Å². The van der Waals surface area contributed by atoms with E-state index in [1.807, 2.05) is 0 Å². The van der Waals surface area contributed by atoms with Crippen LogP contribution < -0.4 is 11.1 Å². The van der Waals surface area contributed by atoms with Crippen LogP contribution >= 0.6 is 0 Å². The molecule has 0 saturated heterocycles. The number of rotatable bonds is 6. The minimum atomic E-state index is -0.994. The zero-order valence-electron chi connectivity index (χ0n) is 10.3. The molecule has 0 atom stereocenters. The molecule has 1 aromatic heterocycles. The summed E-state index contributed by atoms with van der Waals surface area (Å²) < 4.78 is 1.72. The van der Waals surface area contributed by atoms with Gasteiger partial charge in [-0.2, -0.15) is 0 Å². The van der Waals surface area contributed by atoms with Crippen LogP contribution in [0, 0.1) is 0 Å². The number of aryl methyl sites for hydroxylation is 1. The van der Waals surface area contributed by atoms with Crippen molar-refractivity contribution < 1.29 is 9.90 Å². The van der Waals surface area contributed by atoms with Crippen molar-refractivity contribution in [2.24, 2.45) is 0 Å². The Bertz CT molecular complexity index is 553. The van der Waals surface area contributed by atoms with E-state index in [1.165, 1.54) is 6.07 Å². The number of nitrogens with one attached hydrogen (secondary N) is 1. The summed E-state index contributed by atoms with van der Waals surface area (Å²) in [7, 11) is 0. The first-order chi connectivity index (χ1) is 9.18. The van der Waals surface area contributed by atoms with Gasteiger partial charge in [0.15, 0.2) is 0 Å². The zero-order chi connectivity index (χ0) is 13.7. The number of hydrogen-bond donors (Lipinski definition) is 3. The topological polar surface area (TPSA) is 106 Å². The summed E-state index contributed by atoms with van der Waals surface area (Å²) in [6.45, 7) is 1.32. The number of anilines is 2. The van der Waals surface area contributed by atoms with Crippen molar-refractivity contribution in [1.82, 2.24) is 15.0 Å². The lowest BCUT2D eigenvalue weighted by atomic mass is 10.1. The number of aromatic carboxylic acids is 1. The number of nitrogen functional groups attached to an aromatic ring is 1. The Kier molecular flexibility index (Phi) is 3.97. The maximum absolute atomic E-state index is 11.1. The van der Waals surface area contributed by atoms with Crippen molar-refractivity contribution in [2.75, 3.05) is 17.6 Å². The monoisotopic (exact) mass is 261 g/mol. The highest BCUT2D eigenvalue weighted by Gasteiger charge is 2.11. The lowest BCUT2D eigenvalue weighted by molar-refractivity contribution is 0.0698. The van der Waals surface area contributed by atoms with Gasteiger partial charge in [-0.15, -0.1) is 5.10 Å². The fourth-order valence-corrected chi connectivity index (χ4v) is 1.75. The first kappa shape index (κ1) is 12.9. The minimum Gasteiger partial charge on any atom is -0.478 e. The first-order valence-corrected chi connectivity index (χ1v) is 5.88. The minimum absolute atomic E-state index is 0.181. The molecule has 2 aromatic rings. The van der Waals surface area contributed by atoms with Gasteiger partial charge < -0.3 is 16.2 Å². The standard InChI is InChI=1S/C12H15N5O2/c13-10-4-1-3-9(12(18)19)11(10)14-5-2-7-17-8-6-15-16-17/h1,3-4,6,8,14H,2,5,7,13H2,(H,18,19). The Morgan fingerprint density at radius 3 is 3.00 bits per heavy atom. The van der Waals surface area contributed by atoms with E-state index in [-0.39, 0.29) is 5.56 Å². The molecule has 0 aliphatic heterocycles. The van der Waals surface area contributed by atoms with E-state index in [9.17, 15) is 4.79 Å². The molecule has 4 N–H and O–H groups in total. The van der Waals surface area contributed by atoms with Gasteiger partial charge in [-0.05, 0) is 18.6 Å². The molecule has 0 saturated carbocycles. The van der Waals surface area contributed by atoms with Crippen molar-refractivity contribution in [3.63, 3.8) is 0 Å². The molecule has 100 valence electrons. The highest BCUT2D eigenvalue weighted by Crippen LogP contribution is 2.23. The van der Waals surface area contributed by atoms with Crippen molar-refractivity contribution in [3.05, 3.63) is 36.2 Å². The Morgan fingerprint density at radius 2 is 2.32 bits per heavy atom. The lowest BCUT2D eigenvalue weighted by Gasteiger charge is -2.12. The Hall–Kier alpha value is -2.57. The third kappa shape index (κ3) is 3.21. The smallest absolute Gasteiger partial charge is 0.337 e. The van der Waals surface area contributed by atoms with Crippen LogP contribution in [0.15, 0.2) is 30.6 Å². The fourth-order valence-electron chi connectivity index (χ4n) is 1.75. The molecule has 0 spiro atoms. The molecule has 0 aliphatic rings. The van der Waals surface area contributed by atoms with Crippen LogP contribution in [0.5, 0.6) is 0 Å². The van der Waals surface area contributed by atoms with E-state index in [0.29, 0.717) is 24.5 Å². The van der Waals surface area contributed by atoms with E-state index < -0.39 is 5.97 Å². The molecule has 0 radical (unpaired) electrons. The second-order valence-corrected chi connectivity index (χ2v) is 4.02. The predicted octanol–water partition coefficient (Wildman–Crippen LogP) is 1.06. The van der Waals surface area contributed by atoms with Gasteiger partial charge >= 0.3 is 5.97 Å². The molecule has 1 heterocycles. The van der Waals surface area contributed by atoms with E-state index in [4.69, 9.17) is 10.8 Å². The maximum Gasteiger partial charge on any atom is 0.337 e. The number of benzene rings is 1. The largest absolute Gasteiger partial charge is 0.478 e. The number of hydrogen-bond acceptors (Lipinski definition) is 5. The third-order valence-corrected chi connectivity index (χ3v) is 2.66. The molecule has 1 aromatic carbocycles. The Labute approximate surface area is 110 Å². The van der Waals surface area contributed by atoms with Crippen molar-refractivity contribution >= 4 is 17.3 Å². The fraction of sp³-hybridized carbons (Fsp3) is 0.250. The predicted molar refractivity (Wildman–Crippen MR) is 70.9 cm³/mol. The highest BCUT2D eigenvalue weighted by atomic mass is 16.4. The molecule has 7 nitrogen and oxygen atoms in total. The molecule has 0 fully saturated rings. The van der Waals surface area contributed by atoms with Crippen LogP contribution in [-0.2, 0) is 6.54 Å². The number of carbonyl (C=O) groups is 1. The average molecular weight is 261 g/mol. The molecule has 19 heavy (non-hydrogen) atoms. The molecule has 0 bridgehead atoms. The summed E-state index contributed by atoms with van der Waals surface area (Å²) >= 11 is 0. The molecule has 0 unspecified atom stereocenters. The van der Waals surface area contributed by atoms with Crippen LogP contribution in [0.1, 0.15) is 16.8 Å². The summed E-state index contributed by atoms with van der Waals surface area (Å²) in [6, 6.07) is 4.82. The highest BCUT2D eigenvalue weighted by molar-refractivity contribution is 5.97. The summed E-state index contributed by atoms with van der Waals surface area (Å²) in [5.41, 5.74) is 6.86. The van der Waals surface area contributed by atoms with Gasteiger partial charge in [0.1, 0.15) is 0 Å². The van der Waals surface area contributed by atoms with Gasteiger partial charge in [-0.3, -0.25) is 4.68 Å². The maximum atomic E-state index is 11.1. The number of para-hydroxylation sites is 1. The first-order valence-electron chi connectivity index (χ1n) is 5.88. The number of carboxylic acid groups (broad SMARTS) is 1. The van der Waals surface area contributed by atoms with Crippen molar-refractivity contribution in [3.8, 4) is 0 Å². The number of carboxylic acids is 1. The molecule has 7 heteroatoms. The van der Waals surface area contributed by atoms with Crippen LogP contribution in [0.3, 0.4) is 0 Å². The summed E-state index contributed by atoms with van der Waals surface area (Å²) in [5, 5.41) is 19.7. The molecule has 0 amide bonds. The van der Waals surface area contributed by atoms with Gasteiger partial charge in [0, 0.05) is 19.3 Å². The van der Waals surface area contributed by atoms with Crippen molar-refractivity contribution in [1.29, 1.82) is 0 Å². The quantitative estimate of drug-likeness (QED) is 0.530. The summed E-state index contributed by atoms with van der Waals surface area (Å²) in [5.74, 6) is -0.994. The Balaban J connectivity index is 1.93. The lowest BCUT2D eigenvalue weighted by Crippen LogP contribution is -2.12. The Morgan fingerprint density at radius 1 is 1.47 bits per heavy atom. The second kappa shape index (κ2) is 5.85. The van der Waals surface area contributed by atoms with Gasteiger partial charge in [-0.25, -0.2) is 4.79 Å². The molecular weight excluding hydrogens is 246 g/mol. The zero-order valence-corrected chi connectivity index (χ0v) is 10.3. The van der Waals surface area contributed by atoms with Gasteiger partial charge in [0.2, 0.25) is 0 Å². The normalized spacial score (nSPS) is 10.3. The van der Waals surface area contributed by atoms with Crippen LogP contribution in [-0.4, -0.2) is 32.6 Å². The van der Waals surface area contributed by atoms with Crippen molar-refractivity contribution in [2.45, 2.75) is 13.0 Å². The average Bonchev–Trinajstić information content (AvgIpc) is 2.88. The molecule has 2 rings (SSSR count). The van der Waals surface area contributed by atoms with E-state index in [1.54, 1.807) is 29.2 Å². The molecular formula is C12H15N5O2. The SMILES string of the molecule is Nc1cccc(C(=O)O)c1NCCCn1ccnn1. The van der Waals surface area contributed by atoms with Gasteiger partial charge in [0.05, 0.1) is 23.1 Å². The van der Waals surface area contributed by atoms with Gasteiger partial charge in [0.25, 0.3) is 0 Å². The van der Waals surface area contributed by atoms with E-state index >= 15 is 0 Å². The second-order valence-electron chi connectivity index (χ2n) is 4.02. The molecule has 0 aliphatic carbocycles.